The van der Waals surface area contributed by atoms with Crippen LogP contribution < -0.4 is 5.32 Å². The number of aliphatic hydroxyl groups excluding tert-OH is 1. The normalized spacial score (nSPS) is 25.1. The molecule has 2 atom stereocenters. The van der Waals surface area contributed by atoms with Crippen LogP contribution in [0.15, 0.2) is 18.3 Å². The molecule has 0 amide bonds. The molecule has 5 heteroatoms. The van der Waals surface area contributed by atoms with Gasteiger partial charge in [0.25, 0.3) is 0 Å². The molecule has 0 aliphatic heterocycles. The first kappa shape index (κ1) is 12.8. The summed E-state index contributed by atoms with van der Waals surface area (Å²) in [6.45, 7) is 4.03. The molecule has 1 fully saturated rings. The minimum Gasteiger partial charge on any atom is -0.464 e. The molecule has 1 aromatic rings. The Bertz CT molecular complexity index is 459. The number of aromatic nitrogens is 1. The maximum absolute atomic E-state index is 11.4. The second kappa shape index (κ2) is 4.57. The monoisotopic (exact) mass is 250 g/mol. The molecule has 0 saturated heterocycles. The molecular weight excluding hydrogens is 232 g/mol. The van der Waals surface area contributed by atoms with Crippen LogP contribution in [-0.4, -0.2) is 35.3 Å². The Morgan fingerprint density at radius 2 is 2.33 bits per heavy atom. The maximum Gasteiger partial charge on any atom is 0.356 e. The number of nitrogens with zero attached hydrogens (tertiary/aromatic N) is 1. The van der Waals surface area contributed by atoms with Crippen LogP contribution in [0.2, 0.25) is 0 Å². The molecular formula is C13H18N2O3. The zero-order valence-electron chi connectivity index (χ0n) is 10.8. The fourth-order valence-electron chi connectivity index (χ4n) is 2.09. The van der Waals surface area contributed by atoms with Crippen LogP contribution >= 0.6 is 0 Å². The third-order valence-electron chi connectivity index (χ3n) is 3.71. The van der Waals surface area contributed by atoms with E-state index < -0.39 is 5.97 Å². The quantitative estimate of drug-likeness (QED) is 0.794. The summed E-state index contributed by atoms with van der Waals surface area (Å²) in [6.07, 6.45) is 2.00. The van der Waals surface area contributed by atoms with Crippen molar-refractivity contribution in [2.45, 2.75) is 32.4 Å². The van der Waals surface area contributed by atoms with Gasteiger partial charge in [0.1, 0.15) is 5.69 Å². The number of carbonyl (C=O) groups excluding carboxylic acids is 1. The van der Waals surface area contributed by atoms with E-state index in [1.807, 2.05) is 13.8 Å². The number of anilines is 1. The van der Waals surface area contributed by atoms with Crippen LogP contribution in [0.5, 0.6) is 0 Å². The number of esters is 1. The van der Waals surface area contributed by atoms with Gasteiger partial charge in [-0.25, -0.2) is 9.78 Å². The first-order valence-electron chi connectivity index (χ1n) is 5.94. The summed E-state index contributed by atoms with van der Waals surface area (Å²) in [6, 6.07) is 3.65. The number of aliphatic hydroxyl groups is 1. The molecule has 2 N–H and O–H groups in total. The van der Waals surface area contributed by atoms with Gasteiger partial charge in [-0.15, -0.1) is 0 Å². The first-order chi connectivity index (χ1) is 8.45. The summed E-state index contributed by atoms with van der Waals surface area (Å²) in [5, 5.41) is 13.0. The Morgan fingerprint density at radius 3 is 2.89 bits per heavy atom. The standard InChI is InChI=1S/C13H18N2O3/c1-13(2)10(7-11(13)16)15-8-4-5-14-9(6-8)12(17)18-3/h4-6,10-11,16H,7H2,1-3H3,(H,14,15). The van der Waals surface area contributed by atoms with Crippen LogP contribution in [0.3, 0.4) is 0 Å². The van der Waals surface area contributed by atoms with E-state index in [0.717, 1.165) is 5.69 Å². The number of pyridine rings is 1. The van der Waals surface area contributed by atoms with Crippen LogP contribution in [-0.2, 0) is 4.74 Å². The molecule has 2 unspecified atom stereocenters. The van der Waals surface area contributed by atoms with E-state index in [2.05, 4.69) is 15.0 Å². The number of rotatable bonds is 3. The van der Waals surface area contributed by atoms with Crippen molar-refractivity contribution in [3.63, 3.8) is 0 Å². The van der Waals surface area contributed by atoms with Crippen LogP contribution in [0, 0.1) is 5.41 Å². The number of nitrogens with one attached hydrogen (secondary N) is 1. The fraction of sp³-hybridized carbons (Fsp3) is 0.538. The number of hydrogen-bond donors (Lipinski definition) is 2. The summed E-state index contributed by atoms with van der Waals surface area (Å²) in [5.74, 6) is -0.452. The summed E-state index contributed by atoms with van der Waals surface area (Å²) in [5.41, 5.74) is 0.935. The summed E-state index contributed by atoms with van der Waals surface area (Å²) >= 11 is 0. The zero-order chi connectivity index (χ0) is 13.3. The van der Waals surface area contributed by atoms with E-state index in [0.29, 0.717) is 6.42 Å². The molecule has 1 saturated carbocycles. The largest absolute Gasteiger partial charge is 0.464 e. The number of methoxy groups -OCH3 is 1. The third kappa shape index (κ3) is 2.18. The van der Waals surface area contributed by atoms with E-state index in [1.165, 1.54) is 7.11 Å². The molecule has 0 aromatic carbocycles. The van der Waals surface area contributed by atoms with E-state index in [-0.39, 0.29) is 23.3 Å². The van der Waals surface area contributed by atoms with Gasteiger partial charge in [0.2, 0.25) is 0 Å². The van der Waals surface area contributed by atoms with E-state index >= 15 is 0 Å². The average Bonchev–Trinajstić information content (AvgIpc) is 2.38. The number of hydrogen-bond acceptors (Lipinski definition) is 5. The highest BCUT2D eigenvalue weighted by molar-refractivity contribution is 5.88. The summed E-state index contributed by atoms with van der Waals surface area (Å²) in [4.78, 5) is 15.3. The van der Waals surface area contributed by atoms with Crippen LogP contribution in [0.25, 0.3) is 0 Å². The highest BCUT2D eigenvalue weighted by Gasteiger charge is 2.47. The first-order valence-corrected chi connectivity index (χ1v) is 5.94. The molecule has 1 heterocycles. The number of carbonyl (C=O) groups is 1. The Balaban J connectivity index is 2.09. The van der Waals surface area contributed by atoms with Gasteiger partial charge in [0, 0.05) is 23.3 Å². The molecule has 0 spiro atoms. The maximum atomic E-state index is 11.4. The molecule has 18 heavy (non-hydrogen) atoms. The lowest BCUT2D eigenvalue weighted by atomic mass is 9.64. The smallest absolute Gasteiger partial charge is 0.356 e. The van der Waals surface area contributed by atoms with Crippen molar-refractivity contribution in [3.05, 3.63) is 24.0 Å². The predicted octanol–water partition coefficient (Wildman–Crippen LogP) is 1.44. The van der Waals surface area contributed by atoms with Gasteiger partial charge in [-0.3, -0.25) is 0 Å². The van der Waals surface area contributed by atoms with Gasteiger partial charge < -0.3 is 15.2 Å². The topological polar surface area (TPSA) is 71.5 Å². The van der Waals surface area contributed by atoms with Gasteiger partial charge in [0.05, 0.1) is 13.2 Å². The third-order valence-corrected chi connectivity index (χ3v) is 3.71. The average molecular weight is 250 g/mol. The highest BCUT2D eigenvalue weighted by atomic mass is 16.5. The van der Waals surface area contributed by atoms with E-state index in [4.69, 9.17) is 0 Å². The SMILES string of the molecule is COC(=O)c1cc(NC2CC(O)C2(C)C)ccn1. The van der Waals surface area contributed by atoms with Gasteiger partial charge in [-0.05, 0) is 18.6 Å². The zero-order valence-corrected chi connectivity index (χ0v) is 10.8. The predicted molar refractivity (Wildman–Crippen MR) is 67.4 cm³/mol. The van der Waals surface area contributed by atoms with Crippen LogP contribution in [0.1, 0.15) is 30.8 Å². The lowest BCUT2D eigenvalue weighted by molar-refractivity contribution is -0.0510. The van der Waals surface area contributed by atoms with Gasteiger partial charge in [0.15, 0.2) is 0 Å². The van der Waals surface area contributed by atoms with Crippen molar-refractivity contribution in [2.24, 2.45) is 5.41 Å². The fourth-order valence-corrected chi connectivity index (χ4v) is 2.09. The van der Waals surface area contributed by atoms with Crippen molar-refractivity contribution in [1.29, 1.82) is 0 Å². The van der Waals surface area contributed by atoms with E-state index in [9.17, 15) is 9.90 Å². The van der Waals surface area contributed by atoms with Crippen molar-refractivity contribution in [2.75, 3.05) is 12.4 Å². The van der Waals surface area contributed by atoms with Crippen molar-refractivity contribution >= 4 is 11.7 Å². The molecule has 0 bridgehead atoms. The Kier molecular flexibility index (Phi) is 3.26. The Morgan fingerprint density at radius 1 is 1.61 bits per heavy atom. The minimum absolute atomic E-state index is 0.158. The number of ether oxygens (including phenoxy) is 1. The lowest BCUT2D eigenvalue weighted by Crippen LogP contribution is -2.56. The van der Waals surface area contributed by atoms with Crippen molar-refractivity contribution < 1.29 is 14.6 Å². The highest BCUT2D eigenvalue weighted by Crippen LogP contribution is 2.42. The van der Waals surface area contributed by atoms with Crippen molar-refractivity contribution in [3.8, 4) is 0 Å². The molecule has 2 rings (SSSR count). The minimum atomic E-state index is -0.452. The molecule has 0 radical (unpaired) electrons. The van der Waals surface area contributed by atoms with E-state index in [1.54, 1.807) is 18.3 Å². The van der Waals surface area contributed by atoms with Crippen LogP contribution in [0.4, 0.5) is 5.69 Å². The molecule has 5 nitrogen and oxygen atoms in total. The Labute approximate surface area is 106 Å². The Hall–Kier alpha value is -1.62. The van der Waals surface area contributed by atoms with Gasteiger partial charge >= 0.3 is 5.97 Å². The van der Waals surface area contributed by atoms with Gasteiger partial charge in [-0.1, -0.05) is 13.8 Å². The summed E-state index contributed by atoms with van der Waals surface area (Å²) in [7, 11) is 1.33. The molecule has 1 aromatic heterocycles. The molecule has 98 valence electrons. The lowest BCUT2D eigenvalue weighted by Gasteiger charge is -2.49. The second-order valence-corrected chi connectivity index (χ2v) is 5.19. The summed E-state index contributed by atoms with van der Waals surface area (Å²) < 4.78 is 4.63. The van der Waals surface area contributed by atoms with Crippen molar-refractivity contribution in [1.82, 2.24) is 4.98 Å². The molecule has 1 aliphatic carbocycles. The van der Waals surface area contributed by atoms with Gasteiger partial charge in [-0.2, -0.15) is 0 Å². The molecule has 1 aliphatic rings. The second-order valence-electron chi connectivity index (χ2n) is 5.19.